The summed E-state index contributed by atoms with van der Waals surface area (Å²) in [5.41, 5.74) is 1.89. The Hall–Kier alpha value is -5.03. The minimum atomic E-state index is -4.34. The number of nitrogens with zero attached hydrogens (tertiary/aromatic N) is 2. The van der Waals surface area contributed by atoms with Gasteiger partial charge in [0.1, 0.15) is 18.3 Å². The van der Waals surface area contributed by atoms with Crippen LogP contribution in [-0.4, -0.2) is 65.1 Å². The van der Waals surface area contributed by atoms with E-state index in [1.807, 2.05) is 74.5 Å². The first-order valence-electron chi connectivity index (χ1n) is 15.3. The second-order valence-corrected chi connectivity index (χ2v) is 12.4. The van der Waals surface area contributed by atoms with Crippen LogP contribution in [-0.2, 0) is 32.6 Å². The maximum Gasteiger partial charge on any atom is 0.264 e. The van der Waals surface area contributed by atoms with E-state index < -0.39 is 28.5 Å². The van der Waals surface area contributed by atoms with Gasteiger partial charge in [-0.1, -0.05) is 60.7 Å². The summed E-state index contributed by atoms with van der Waals surface area (Å²) in [4.78, 5) is 29.5. The van der Waals surface area contributed by atoms with E-state index in [0.717, 1.165) is 15.4 Å². The summed E-state index contributed by atoms with van der Waals surface area (Å²) in [6.07, 6.45) is 0.233. The highest BCUT2D eigenvalue weighted by Gasteiger charge is 2.35. The van der Waals surface area contributed by atoms with Crippen molar-refractivity contribution in [1.29, 1.82) is 0 Å². The normalized spacial score (nSPS) is 11.7. The summed E-state index contributed by atoms with van der Waals surface area (Å²) in [7, 11) is -1.47. The zero-order chi connectivity index (χ0) is 33.8. The molecule has 0 aliphatic rings. The molecule has 1 atom stereocenters. The molecular weight excluding hydrogens is 618 g/mol. The molecule has 4 aromatic rings. The number of methoxy groups -OCH3 is 2. The van der Waals surface area contributed by atoms with Gasteiger partial charge in [0.2, 0.25) is 11.8 Å². The van der Waals surface area contributed by atoms with Crippen LogP contribution >= 0.6 is 0 Å². The molecule has 0 bridgehead atoms. The minimum absolute atomic E-state index is 0.0852. The van der Waals surface area contributed by atoms with Crippen LogP contribution in [0.2, 0.25) is 0 Å². The quantitative estimate of drug-likeness (QED) is 0.179. The number of nitrogens with one attached hydrogen (secondary N) is 1. The molecule has 248 valence electrons. The van der Waals surface area contributed by atoms with Crippen molar-refractivity contribution >= 4 is 27.5 Å². The number of carbonyl (C=O) groups is 2. The Morgan fingerprint density at radius 1 is 0.787 bits per heavy atom. The third-order valence-electron chi connectivity index (χ3n) is 7.48. The van der Waals surface area contributed by atoms with Gasteiger partial charge in [0.05, 0.1) is 31.4 Å². The van der Waals surface area contributed by atoms with Gasteiger partial charge >= 0.3 is 0 Å². The summed E-state index contributed by atoms with van der Waals surface area (Å²) < 4.78 is 46.0. The van der Waals surface area contributed by atoms with Crippen molar-refractivity contribution in [3.8, 4) is 17.2 Å². The molecule has 47 heavy (non-hydrogen) atoms. The fraction of sp³-hybridized carbons (Fsp3) is 0.278. The Kier molecular flexibility index (Phi) is 12.2. The molecule has 0 saturated carbocycles. The smallest absolute Gasteiger partial charge is 0.264 e. The molecule has 2 amide bonds. The molecule has 0 spiro atoms. The minimum Gasteiger partial charge on any atom is -0.494 e. The topological polar surface area (TPSA) is 114 Å². The van der Waals surface area contributed by atoms with Crippen LogP contribution in [0.4, 0.5) is 5.69 Å². The lowest BCUT2D eigenvalue weighted by molar-refractivity contribution is -0.140. The molecule has 0 aromatic heterocycles. The van der Waals surface area contributed by atoms with Gasteiger partial charge in [-0.25, -0.2) is 8.42 Å². The molecule has 4 rings (SSSR count). The zero-order valence-corrected chi connectivity index (χ0v) is 27.9. The molecule has 0 heterocycles. The van der Waals surface area contributed by atoms with Crippen molar-refractivity contribution in [2.75, 3.05) is 38.2 Å². The fourth-order valence-electron chi connectivity index (χ4n) is 5.13. The Balaban J connectivity index is 1.81. The highest BCUT2D eigenvalue weighted by atomic mass is 32.2. The third-order valence-corrected chi connectivity index (χ3v) is 9.25. The highest BCUT2D eigenvalue weighted by molar-refractivity contribution is 7.92. The van der Waals surface area contributed by atoms with Gasteiger partial charge in [0, 0.05) is 25.6 Å². The van der Waals surface area contributed by atoms with Crippen LogP contribution in [0.1, 0.15) is 25.0 Å². The van der Waals surface area contributed by atoms with Gasteiger partial charge < -0.3 is 24.4 Å². The molecule has 0 unspecified atom stereocenters. The van der Waals surface area contributed by atoms with Gasteiger partial charge in [-0.15, -0.1) is 0 Å². The molecule has 10 nitrogen and oxygen atoms in total. The predicted molar refractivity (Wildman–Crippen MR) is 181 cm³/mol. The van der Waals surface area contributed by atoms with Crippen molar-refractivity contribution in [3.05, 3.63) is 114 Å². The number of benzene rings is 4. The molecule has 0 aliphatic carbocycles. The number of hydrogen-bond acceptors (Lipinski definition) is 7. The van der Waals surface area contributed by atoms with Gasteiger partial charge in [-0.2, -0.15) is 0 Å². The van der Waals surface area contributed by atoms with E-state index in [1.165, 1.54) is 37.3 Å². The van der Waals surface area contributed by atoms with Crippen molar-refractivity contribution in [3.63, 3.8) is 0 Å². The van der Waals surface area contributed by atoms with Crippen molar-refractivity contribution in [2.24, 2.45) is 0 Å². The number of ether oxygens (including phenoxy) is 3. The number of carbonyl (C=O) groups excluding carboxylic acids is 2. The van der Waals surface area contributed by atoms with Crippen LogP contribution in [0.3, 0.4) is 0 Å². The second kappa shape index (κ2) is 16.5. The molecular formula is C36H41N3O7S. The predicted octanol–water partition coefficient (Wildman–Crippen LogP) is 5.07. The lowest BCUT2D eigenvalue weighted by Crippen LogP contribution is -2.53. The monoisotopic (exact) mass is 659 g/mol. The lowest BCUT2D eigenvalue weighted by Gasteiger charge is -2.34. The highest BCUT2D eigenvalue weighted by Crippen LogP contribution is 2.33. The first kappa shape index (κ1) is 34.8. The van der Waals surface area contributed by atoms with E-state index in [2.05, 4.69) is 5.32 Å². The van der Waals surface area contributed by atoms with E-state index in [-0.39, 0.29) is 35.2 Å². The van der Waals surface area contributed by atoms with Crippen LogP contribution in [0.25, 0.3) is 0 Å². The van der Waals surface area contributed by atoms with Crippen LogP contribution in [0, 0.1) is 0 Å². The Morgan fingerprint density at radius 2 is 1.40 bits per heavy atom. The number of amides is 2. The van der Waals surface area contributed by atoms with Crippen molar-refractivity contribution in [1.82, 2.24) is 10.2 Å². The molecule has 0 radical (unpaired) electrons. The van der Waals surface area contributed by atoms with Crippen molar-refractivity contribution in [2.45, 2.75) is 37.8 Å². The summed E-state index contributed by atoms with van der Waals surface area (Å²) in [6, 6.07) is 28.5. The Bertz CT molecular complexity index is 1720. The Morgan fingerprint density at radius 3 is 1.98 bits per heavy atom. The first-order chi connectivity index (χ1) is 22.7. The van der Waals surface area contributed by atoms with E-state index >= 15 is 0 Å². The van der Waals surface area contributed by atoms with E-state index in [9.17, 15) is 18.0 Å². The van der Waals surface area contributed by atoms with Crippen LogP contribution in [0.5, 0.6) is 17.2 Å². The van der Waals surface area contributed by atoms with E-state index in [0.29, 0.717) is 24.7 Å². The second-order valence-electron chi connectivity index (χ2n) is 10.6. The van der Waals surface area contributed by atoms with Gasteiger partial charge in [0.15, 0.2) is 11.5 Å². The zero-order valence-electron chi connectivity index (χ0n) is 27.1. The molecule has 0 saturated heterocycles. The van der Waals surface area contributed by atoms with Crippen LogP contribution < -0.4 is 23.8 Å². The summed E-state index contributed by atoms with van der Waals surface area (Å²) in [5, 5.41) is 2.87. The lowest BCUT2D eigenvalue weighted by atomic mass is 10.0. The maximum atomic E-state index is 14.5. The van der Waals surface area contributed by atoms with Gasteiger partial charge in [-0.3, -0.25) is 13.9 Å². The van der Waals surface area contributed by atoms with Gasteiger partial charge in [0.25, 0.3) is 10.0 Å². The first-order valence-corrected chi connectivity index (χ1v) is 16.8. The molecule has 1 N–H and O–H groups in total. The largest absolute Gasteiger partial charge is 0.494 e. The maximum absolute atomic E-state index is 14.5. The molecule has 0 fully saturated rings. The van der Waals surface area contributed by atoms with E-state index in [1.54, 1.807) is 24.3 Å². The summed E-state index contributed by atoms with van der Waals surface area (Å²) in [6.45, 7) is 3.96. The third kappa shape index (κ3) is 8.82. The number of rotatable bonds is 16. The summed E-state index contributed by atoms with van der Waals surface area (Å²) in [5.74, 6) is 0.233. The van der Waals surface area contributed by atoms with E-state index in [4.69, 9.17) is 14.2 Å². The number of anilines is 1. The average Bonchev–Trinajstić information content (AvgIpc) is 3.09. The SMILES string of the molecule is CCNC(=O)[C@H](Cc1ccccc1)N(Cc1ccccc1)C(=O)CN(c1ccc(OCC)cc1)S(=O)(=O)c1ccc(OC)c(OC)c1. The van der Waals surface area contributed by atoms with Crippen LogP contribution in [0.15, 0.2) is 108 Å². The van der Waals surface area contributed by atoms with Gasteiger partial charge in [-0.05, 0) is 61.4 Å². The summed E-state index contributed by atoms with van der Waals surface area (Å²) >= 11 is 0. The fourth-order valence-corrected chi connectivity index (χ4v) is 6.56. The number of hydrogen-bond donors (Lipinski definition) is 1. The molecule has 11 heteroatoms. The molecule has 4 aromatic carbocycles. The number of sulfonamides is 1. The standard InChI is InChI=1S/C36H41N3O7S/c1-5-37-36(41)32(23-27-13-9-7-10-14-27)38(25-28-15-11-8-12-16-28)35(40)26-39(29-17-19-30(20-18-29)46-6-2)47(42,43)31-21-22-33(44-3)34(24-31)45-4/h7-22,24,32H,5-6,23,25-26H2,1-4H3,(H,37,41)/t32-/m0/s1. The molecule has 0 aliphatic heterocycles. The Labute approximate surface area is 276 Å². The number of likely N-dealkylation sites (N-methyl/N-ethyl adjacent to an activating group) is 1. The average molecular weight is 660 g/mol. The van der Waals surface area contributed by atoms with Crippen molar-refractivity contribution < 1.29 is 32.2 Å².